The van der Waals surface area contributed by atoms with Gasteiger partial charge in [0.05, 0.1) is 12.2 Å². The van der Waals surface area contributed by atoms with Gasteiger partial charge in [0.1, 0.15) is 5.75 Å². The first-order chi connectivity index (χ1) is 11.7. The maximum atomic E-state index is 12.8. The van der Waals surface area contributed by atoms with Crippen molar-refractivity contribution < 1.29 is 27.5 Å². The summed E-state index contributed by atoms with van der Waals surface area (Å²) in [6.07, 6.45) is -3.87. The van der Waals surface area contributed by atoms with E-state index in [0.29, 0.717) is 12.4 Å². The van der Waals surface area contributed by atoms with Crippen molar-refractivity contribution in [3.8, 4) is 5.75 Å². The van der Waals surface area contributed by atoms with Gasteiger partial charge in [-0.3, -0.25) is 25.1 Å². The van der Waals surface area contributed by atoms with E-state index in [2.05, 4.69) is 10.5 Å². The second kappa shape index (κ2) is 7.24. The number of hydrazine groups is 1. The summed E-state index contributed by atoms with van der Waals surface area (Å²) >= 11 is 0. The zero-order valence-electron chi connectivity index (χ0n) is 13.3. The number of alkyl halides is 3. The lowest BCUT2D eigenvalue weighted by Crippen LogP contribution is -2.42. The molecule has 2 amide bonds. The molecule has 0 saturated heterocycles. The molecule has 1 aromatic carbocycles. The molecule has 2 N–H and O–H groups in total. The first kappa shape index (κ1) is 18.3. The molecule has 0 bridgehead atoms. The summed E-state index contributed by atoms with van der Waals surface area (Å²) < 4.78 is 44.6. The third kappa shape index (κ3) is 4.49. The van der Waals surface area contributed by atoms with Gasteiger partial charge in [0, 0.05) is 18.8 Å². The average molecular weight is 356 g/mol. The van der Waals surface area contributed by atoms with E-state index >= 15 is 0 Å². The molecule has 0 radical (unpaired) electrons. The number of nitrogens with zero attached hydrogens (tertiary/aromatic N) is 2. The number of aromatic nitrogens is 2. The Bertz CT molecular complexity index is 769. The SMILES string of the molecule is CCOc1ccc(C(=O)NNC(=O)c2cn(C)nc2C(F)(F)F)cc1. The molecule has 0 fully saturated rings. The van der Waals surface area contributed by atoms with Crippen LogP contribution in [0.5, 0.6) is 5.75 Å². The lowest BCUT2D eigenvalue weighted by molar-refractivity contribution is -0.141. The van der Waals surface area contributed by atoms with E-state index in [1.807, 2.05) is 12.3 Å². The van der Waals surface area contributed by atoms with Crippen LogP contribution in [0.2, 0.25) is 0 Å². The molecule has 0 aliphatic rings. The minimum absolute atomic E-state index is 0.200. The number of nitrogens with one attached hydrogen (secondary N) is 2. The predicted octanol–water partition coefficient (Wildman–Crippen LogP) is 1.91. The van der Waals surface area contributed by atoms with Crippen molar-refractivity contribution in [1.82, 2.24) is 20.6 Å². The van der Waals surface area contributed by atoms with Gasteiger partial charge in [-0.2, -0.15) is 18.3 Å². The quantitative estimate of drug-likeness (QED) is 0.820. The van der Waals surface area contributed by atoms with Gasteiger partial charge >= 0.3 is 6.18 Å². The van der Waals surface area contributed by atoms with Crippen LogP contribution in [0.4, 0.5) is 13.2 Å². The summed E-state index contributed by atoms with van der Waals surface area (Å²) in [5, 5.41) is 3.22. The lowest BCUT2D eigenvalue weighted by Gasteiger charge is -2.09. The highest BCUT2D eigenvalue weighted by molar-refractivity contribution is 5.99. The van der Waals surface area contributed by atoms with Crippen LogP contribution in [0.3, 0.4) is 0 Å². The van der Waals surface area contributed by atoms with Crippen LogP contribution in [0, 0.1) is 0 Å². The predicted molar refractivity (Wildman–Crippen MR) is 80.8 cm³/mol. The van der Waals surface area contributed by atoms with Gasteiger partial charge in [0.25, 0.3) is 11.8 Å². The molecular weight excluding hydrogens is 341 g/mol. The van der Waals surface area contributed by atoms with Gasteiger partial charge in [0.2, 0.25) is 0 Å². The van der Waals surface area contributed by atoms with E-state index < -0.39 is 29.2 Å². The van der Waals surface area contributed by atoms with Crippen LogP contribution in [-0.2, 0) is 13.2 Å². The summed E-state index contributed by atoms with van der Waals surface area (Å²) in [7, 11) is 1.25. The molecule has 25 heavy (non-hydrogen) atoms. The van der Waals surface area contributed by atoms with Crippen LogP contribution in [0.1, 0.15) is 33.3 Å². The largest absolute Gasteiger partial charge is 0.494 e. The minimum atomic E-state index is -4.78. The van der Waals surface area contributed by atoms with Crippen molar-refractivity contribution in [3.05, 3.63) is 47.3 Å². The highest BCUT2D eigenvalue weighted by Gasteiger charge is 2.39. The minimum Gasteiger partial charge on any atom is -0.494 e. The van der Waals surface area contributed by atoms with Gasteiger partial charge < -0.3 is 4.74 Å². The summed E-state index contributed by atoms with van der Waals surface area (Å²) in [5.74, 6) is -1.25. The number of carbonyl (C=O) groups excluding carboxylic acids is 2. The van der Waals surface area contributed by atoms with Crippen LogP contribution in [0.25, 0.3) is 0 Å². The molecule has 2 aromatic rings. The molecular formula is C15H15F3N4O3. The number of benzene rings is 1. The highest BCUT2D eigenvalue weighted by atomic mass is 19.4. The van der Waals surface area contributed by atoms with Crippen LogP contribution in [0.15, 0.2) is 30.5 Å². The molecule has 0 aliphatic heterocycles. The second-order valence-corrected chi connectivity index (χ2v) is 4.93. The highest BCUT2D eigenvalue weighted by Crippen LogP contribution is 2.30. The Morgan fingerprint density at radius 2 is 1.76 bits per heavy atom. The second-order valence-electron chi connectivity index (χ2n) is 4.93. The Kier molecular flexibility index (Phi) is 5.30. The molecule has 7 nitrogen and oxygen atoms in total. The molecule has 0 unspecified atom stereocenters. The van der Waals surface area contributed by atoms with E-state index in [9.17, 15) is 22.8 Å². The molecule has 10 heteroatoms. The maximum absolute atomic E-state index is 12.8. The fraction of sp³-hybridized carbons (Fsp3) is 0.267. The number of carbonyl (C=O) groups is 2. The summed E-state index contributed by atoms with van der Waals surface area (Å²) in [5.41, 5.74) is 2.17. The summed E-state index contributed by atoms with van der Waals surface area (Å²) in [6.45, 7) is 2.28. The Hall–Kier alpha value is -3.04. The van der Waals surface area contributed by atoms with E-state index in [0.717, 1.165) is 10.9 Å². The molecule has 1 aromatic heterocycles. The molecule has 0 atom stereocenters. The van der Waals surface area contributed by atoms with Gasteiger partial charge in [-0.1, -0.05) is 0 Å². The van der Waals surface area contributed by atoms with E-state index in [-0.39, 0.29) is 5.56 Å². The summed E-state index contributed by atoms with van der Waals surface area (Å²) in [6, 6.07) is 6.03. The van der Waals surface area contributed by atoms with E-state index in [1.165, 1.54) is 19.2 Å². The smallest absolute Gasteiger partial charge is 0.435 e. The normalized spacial score (nSPS) is 11.1. The van der Waals surface area contributed by atoms with E-state index in [4.69, 9.17) is 4.74 Å². The number of halogens is 3. The molecule has 2 rings (SSSR count). The number of aryl methyl sites for hydroxylation is 1. The van der Waals surface area contributed by atoms with Crippen molar-refractivity contribution in [2.75, 3.05) is 6.61 Å². The van der Waals surface area contributed by atoms with Crippen molar-refractivity contribution in [2.45, 2.75) is 13.1 Å². The van der Waals surface area contributed by atoms with E-state index in [1.54, 1.807) is 12.1 Å². The van der Waals surface area contributed by atoms with Gasteiger partial charge in [-0.05, 0) is 31.2 Å². The topological polar surface area (TPSA) is 85.3 Å². The van der Waals surface area contributed by atoms with Gasteiger partial charge in [0.15, 0.2) is 5.69 Å². The Morgan fingerprint density at radius 1 is 1.16 bits per heavy atom. The number of ether oxygens (including phenoxy) is 1. The van der Waals surface area contributed by atoms with Crippen LogP contribution >= 0.6 is 0 Å². The molecule has 134 valence electrons. The molecule has 1 heterocycles. The van der Waals surface area contributed by atoms with Crippen LogP contribution < -0.4 is 15.6 Å². The standard InChI is InChI=1S/C15H15F3N4O3/c1-3-25-10-6-4-9(5-7-10)13(23)19-20-14(24)11-8-22(2)21-12(11)15(16,17)18/h4-8H,3H2,1-2H3,(H,19,23)(H,20,24). The van der Waals surface area contributed by atoms with Crippen molar-refractivity contribution in [1.29, 1.82) is 0 Å². The fourth-order valence-corrected chi connectivity index (χ4v) is 1.99. The number of hydrogen-bond acceptors (Lipinski definition) is 4. The fourth-order valence-electron chi connectivity index (χ4n) is 1.99. The first-order valence-corrected chi connectivity index (χ1v) is 7.16. The molecule has 0 aliphatic carbocycles. The first-order valence-electron chi connectivity index (χ1n) is 7.16. The van der Waals surface area contributed by atoms with Crippen molar-refractivity contribution >= 4 is 11.8 Å². The number of amides is 2. The Balaban J connectivity index is 2.03. The maximum Gasteiger partial charge on any atom is 0.435 e. The third-order valence-corrected chi connectivity index (χ3v) is 3.06. The molecule has 0 saturated carbocycles. The zero-order chi connectivity index (χ0) is 18.6. The third-order valence-electron chi connectivity index (χ3n) is 3.06. The number of rotatable bonds is 4. The van der Waals surface area contributed by atoms with Crippen molar-refractivity contribution in [2.24, 2.45) is 7.05 Å². The number of hydrogen-bond donors (Lipinski definition) is 2. The average Bonchev–Trinajstić information content (AvgIpc) is 2.95. The Morgan fingerprint density at radius 3 is 2.32 bits per heavy atom. The molecule has 0 spiro atoms. The summed E-state index contributed by atoms with van der Waals surface area (Å²) in [4.78, 5) is 23.8. The van der Waals surface area contributed by atoms with Crippen molar-refractivity contribution in [3.63, 3.8) is 0 Å². The van der Waals surface area contributed by atoms with Crippen LogP contribution in [-0.4, -0.2) is 28.2 Å². The monoisotopic (exact) mass is 356 g/mol. The lowest BCUT2D eigenvalue weighted by atomic mass is 10.2. The van der Waals surface area contributed by atoms with Gasteiger partial charge in [-0.15, -0.1) is 0 Å². The van der Waals surface area contributed by atoms with Gasteiger partial charge in [-0.25, -0.2) is 0 Å². The Labute approximate surface area is 140 Å². The zero-order valence-corrected chi connectivity index (χ0v) is 13.3.